The Hall–Kier alpha value is -4.05. The first-order valence-electron chi connectivity index (χ1n) is 13.3. The maximum absolute atomic E-state index is 14.4. The lowest BCUT2D eigenvalue weighted by atomic mass is 10.0. The van der Waals surface area contributed by atoms with E-state index in [0.29, 0.717) is 10.6 Å². The Bertz CT molecular complexity index is 1650. The molecule has 2 amide bonds. The quantitative estimate of drug-likeness (QED) is 0.218. The van der Waals surface area contributed by atoms with Crippen LogP contribution in [-0.2, 0) is 32.6 Å². The van der Waals surface area contributed by atoms with Crippen LogP contribution in [0.1, 0.15) is 11.1 Å². The van der Waals surface area contributed by atoms with Gasteiger partial charge in [-0.2, -0.15) is 0 Å². The summed E-state index contributed by atoms with van der Waals surface area (Å²) in [5.74, 6) is -0.807. The third-order valence-corrected chi connectivity index (χ3v) is 9.06. The third-order valence-electron chi connectivity index (χ3n) is 6.80. The SMILES string of the molecule is CNC(=O)C(Cc1ccccc1)N(Cc1ccc(Cl)cc1)C(=O)CN(c1cc(Cl)ccc1OC)S(=O)(=O)c1ccccc1. The fraction of sp³-hybridized carbons (Fsp3) is 0.188. The number of hydrogen-bond donors (Lipinski definition) is 1. The van der Waals surface area contributed by atoms with Gasteiger partial charge in [0.05, 0.1) is 17.7 Å². The van der Waals surface area contributed by atoms with Gasteiger partial charge in [-0.25, -0.2) is 8.42 Å². The predicted octanol–water partition coefficient (Wildman–Crippen LogP) is 5.58. The number of hydrogen-bond acceptors (Lipinski definition) is 5. The number of likely N-dealkylation sites (N-methyl/N-ethyl adjacent to an activating group) is 1. The van der Waals surface area contributed by atoms with Crippen LogP contribution in [0.2, 0.25) is 10.0 Å². The maximum atomic E-state index is 14.4. The van der Waals surface area contributed by atoms with E-state index in [-0.39, 0.29) is 34.3 Å². The second kappa shape index (κ2) is 14.4. The van der Waals surface area contributed by atoms with Crippen molar-refractivity contribution in [1.29, 1.82) is 0 Å². The number of amides is 2. The van der Waals surface area contributed by atoms with Gasteiger partial charge in [-0.1, -0.05) is 83.9 Å². The highest BCUT2D eigenvalue weighted by Crippen LogP contribution is 2.35. The van der Waals surface area contributed by atoms with Crippen LogP contribution in [-0.4, -0.2) is 51.9 Å². The second-order valence-corrected chi connectivity index (χ2v) is 12.3. The molecule has 1 N–H and O–H groups in total. The molecule has 0 saturated heterocycles. The fourth-order valence-corrected chi connectivity index (χ4v) is 6.33. The normalized spacial score (nSPS) is 11.8. The average Bonchev–Trinajstić information content (AvgIpc) is 3.02. The van der Waals surface area contributed by atoms with Gasteiger partial charge >= 0.3 is 0 Å². The molecule has 0 aliphatic rings. The van der Waals surface area contributed by atoms with Crippen LogP contribution in [0.4, 0.5) is 5.69 Å². The van der Waals surface area contributed by atoms with Crippen LogP contribution in [0.15, 0.2) is 108 Å². The summed E-state index contributed by atoms with van der Waals surface area (Å²) >= 11 is 12.4. The molecule has 0 aromatic heterocycles. The zero-order chi connectivity index (χ0) is 31.0. The van der Waals surface area contributed by atoms with Gasteiger partial charge in [0.15, 0.2) is 0 Å². The zero-order valence-electron chi connectivity index (χ0n) is 23.6. The molecule has 1 atom stereocenters. The van der Waals surface area contributed by atoms with E-state index in [0.717, 1.165) is 9.87 Å². The van der Waals surface area contributed by atoms with Gasteiger partial charge in [0, 0.05) is 30.1 Å². The molecule has 4 rings (SSSR count). The smallest absolute Gasteiger partial charge is 0.264 e. The van der Waals surface area contributed by atoms with Gasteiger partial charge in [-0.3, -0.25) is 13.9 Å². The molecule has 0 aliphatic carbocycles. The van der Waals surface area contributed by atoms with E-state index in [1.165, 1.54) is 43.3 Å². The molecule has 0 saturated carbocycles. The van der Waals surface area contributed by atoms with Gasteiger partial charge in [0.1, 0.15) is 18.3 Å². The highest BCUT2D eigenvalue weighted by molar-refractivity contribution is 7.92. The van der Waals surface area contributed by atoms with Crippen molar-refractivity contribution in [2.24, 2.45) is 0 Å². The van der Waals surface area contributed by atoms with Crippen LogP contribution >= 0.6 is 23.2 Å². The number of carbonyl (C=O) groups is 2. The fourth-order valence-electron chi connectivity index (χ4n) is 4.60. The van der Waals surface area contributed by atoms with Crippen LogP contribution in [0.3, 0.4) is 0 Å². The Labute approximate surface area is 261 Å². The summed E-state index contributed by atoms with van der Waals surface area (Å²) in [6.07, 6.45) is 0.200. The molecule has 0 fully saturated rings. The summed E-state index contributed by atoms with van der Waals surface area (Å²) in [5, 5.41) is 3.43. The Morgan fingerprint density at radius 1 is 0.837 bits per heavy atom. The summed E-state index contributed by atoms with van der Waals surface area (Å²) < 4.78 is 34.6. The Morgan fingerprint density at radius 2 is 1.44 bits per heavy atom. The molecule has 1 unspecified atom stereocenters. The van der Waals surface area contributed by atoms with Gasteiger partial charge in [-0.05, 0) is 53.6 Å². The number of sulfonamides is 1. The molecule has 11 heteroatoms. The molecule has 0 heterocycles. The lowest BCUT2D eigenvalue weighted by molar-refractivity contribution is -0.139. The number of nitrogens with one attached hydrogen (secondary N) is 1. The number of methoxy groups -OCH3 is 1. The second-order valence-electron chi connectivity index (χ2n) is 9.61. The summed E-state index contributed by atoms with van der Waals surface area (Å²) in [6, 6.07) is 27.5. The van der Waals surface area contributed by atoms with E-state index in [4.69, 9.17) is 27.9 Å². The number of carbonyl (C=O) groups excluding carboxylic acids is 2. The number of benzene rings is 4. The number of ether oxygens (including phenoxy) is 1. The third kappa shape index (κ3) is 7.87. The van der Waals surface area contributed by atoms with Crippen LogP contribution in [0.5, 0.6) is 5.75 Å². The van der Waals surface area contributed by atoms with Gasteiger partial charge in [0.2, 0.25) is 11.8 Å². The molecule has 43 heavy (non-hydrogen) atoms. The highest BCUT2D eigenvalue weighted by atomic mass is 35.5. The van der Waals surface area contributed by atoms with Crippen molar-refractivity contribution in [2.45, 2.75) is 23.9 Å². The Morgan fingerprint density at radius 3 is 2.05 bits per heavy atom. The van der Waals surface area contributed by atoms with Crippen LogP contribution in [0, 0.1) is 0 Å². The number of nitrogens with zero attached hydrogens (tertiary/aromatic N) is 2. The van der Waals surface area contributed by atoms with Gasteiger partial charge < -0.3 is 15.0 Å². The van der Waals surface area contributed by atoms with E-state index in [2.05, 4.69) is 5.32 Å². The number of rotatable bonds is 12. The van der Waals surface area contributed by atoms with Crippen LogP contribution < -0.4 is 14.4 Å². The Balaban J connectivity index is 1.82. The summed E-state index contributed by atoms with van der Waals surface area (Å²) in [6.45, 7) is -0.614. The first-order valence-corrected chi connectivity index (χ1v) is 15.5. The maximum Gasteiger partial charge on any atom is 0.264 e. The molecule has 4 aromatic carbocycles. The minimum atomic E-state index is -4.29. The first-order chi connectivity index (χ1) is 20.6. The summed E-state index contributed by atoms with van der Waals surface area (Å²) in [5.41, 5.74) is 1.62. The summed E-state index contributed by atoms with van der Waals surface area (Å²) in [4.78, 5) is 29.0. The molecule has 8 nitrogen and oxygen atoms in total. The van der Waals surface area contributed by atoms with Crippen molar-refractivity contribution in [1.82, 2.24) is 10.2 Å². The van der Waals surface area contributed by atoms with E-state index >= 15 is 0 Å². The van der Waals surface area contributed by atoms with Crippen molar-refractivity contribution in [2.75, 3.05) is 25.0 Å². The number of anilines is 1. The van der Waals surface area contributed by atoms with Crippen molar-refractivity contribution in [3.8, 4) is 5.75 Å². The van der Waals surface area contributed by atoms with E-state index < -0.39 is 34.4 Å². The Kier molecular flexibility index (Phi) is 10.7. The predicted molar refractivity (Wildman–Crippen MR) is 169 cm³/mol. The average molecular weight is 641 g/mol. The molecule has 0 bridgehead atoms. The number of halogens is 2. The minimum Gasteiger partial charge on any atom is -0.495 e. The first kappa shape index (κ1) is 31.9. The van der Waals surface area contributed by atoms with E-state index in [9.17, 15) is 18.0 Å². The minimum absolute atomic E-state index is 0.0207. The monoisotopic (exact) mass is 639 g/mol. The van der Waals surface area contributed by atoms with Crippen molar-refractivity contribution in [3.05, 3.63) is 124 Å². The molecular weight excluding hydrogens is 609 g/mol. The van der Waals surface area contributed by atoms with Gasteiger partial charge in [-0.15, -0.1) is 0 Å². The van der Waals surface area contributed by atoms with Crippen molar-refractivity contribution in [3.63, 3.8) is 0 Å². The van der Waals surface area contributed by atoms with Crippen molar-refractivity contribution < 1.29 is 22.7 Å². The van der Waals surface area contributed by atoms with Crippen molar-refractivity contribution >= 4 is 50.7 Å². The highest BCUT2D eigenvalue weighted by Gasteiger charge is 2.35. The molecule has 0 aliphatic heterocycles. The van der Waals surface area contributed by atoms with E-state index in [1.54, 1.807) is 48.5 Å². The molecule has 0 radical (unpaired) electrons. The summed E-state index contributed by atoms with van der Waals surface area (Å²) in [7, 11) is -1.40. The molecule has 4 aromatic rings. The molecule has 0 spiro atoms. The standard InChI is InChI=1S/C32H31Cl2N3O5S/c1-35-32(39)29(19-23-9-5-3-6-10-23)36(21-24-13-15-25(33)16-14-24)31(38)22-37(28-20-26(34)17-18-30(28)42-2)43(40,41)27-11-7-4-8-12-27/h3-18,20,29H,19,21-22H2,1-2H3,(H,35,39). The zero-order valence-corrected chi connectivity index (χ0v) is 25.9. The van der Waals surface area contributed by atoms with Gasteiger partial charge in [0.25, 0.3) is 10.0 Å². The lowest BCUT2D eigenvalue weighted by Gasteiger charge is -2.34. The topological polar surface area (TPSA) is 96.0 Å². The largest absolute Gasteiger partial charge is 0.495 e. The molecule has 224 valence electrons. The molecular formula is C32H31Cl2N3O5S. The lowest BCUT2D eigenvalue weighted by Crippen LogP contribution is -2.53. The van der Waals surface area contributed by atoms with Crippen LogP contribution in [0.25, 0.3) is 0 Å². The van der Waals surface area contributed by atoms with E-state index in [1.807, 2.05) is 30.3 Å².